The van der Waals surface area contributed by atoms with E-state index in [9.17, 15) is 0 Å². The number of nitrogens with zero attached hydrogens (tertiary/aromatic N) is 2. The molecule has 1 aliphatic heterocycles. The molecule has 1 aliphatic rings. The zero-order valence-electron chi connectivity index (χ0n) is 14.2. The van der Waals surface area contributed by atoms with Gasteiger partial charge >= 0.3 is 0 Å². The normalized spacial score (nSPS) is 19.0. The Kier molecular flexibility index (Phi) is 5.63. The van der Waals surface area contributed by atoms with Gasteiger partial charge in [0.25, 0.3) is 0 Å². The number of nitrogens with one attached hydrogen (secondary N) is 1. The third kappa shape index (κ3) is 3.57. The fourth-order valence-corrected chi connectivity index (χ4v) is 3.48. The van der Waals surface area contributed by atoms with Crippen molar-refractivity contribution in [3.63, 3.8) is 0 Å². The van der Waals surface area contributed by atoms with Gasteiger partial charge in [-0.25, -0.2) is 0 Å². The Balaban J connectivity index is 2.06. The minimum atomic E-state index is 0.382. The second-order valence-corrected chi connectivity index (χ2v) is 6.34. The average molecular weight is 289 g/mol. The first-order valence-electron chi connectivity index (χ1n) is 8.62. The second kappa shape index (κ2) is 7.26. The zero-order valence-corrected chi connectivity index (χ0v) is 14.2. The molecule has 0 aliphatic carbocycles. The van der Waals surface area contributed by atoms with Crippen molar-refractivity contribution in [2.24, 2.45) is 5.41 Å². The van der Waals surface area contributed by atoms with Gasteiger partial charge in [0, 0.05) is 19.1 Å². The first-order chi connectivity index (χ1) is 10.2. The second-order valence-electron chi connectivity index (χ2n) is 6.34. The Morgan fingerprint density at radius 2 is 2.00 bits per heavy atom. The van der Waals surface area contributed by atoms with Crippen molar-refractivity contribution in [2.75, 3.05) is 24.5 Å². The standard InChI is InChI=1S/C18H31N3/c1-5-16(19-8-4)17-10-9-15(13-20-17)21-12-11-18(6-2,7-3)14-21/h9-10,13,16,19H,5-8,11-12,14H2,1-4H3. The molecule has 1 aromatic heterocycles. The summed E-state index contributed by atoms with van der Waals surface area (Å²) in [7, 11) is 0. The van der Waals surface area contributed by atoms with Crippen LogP contribution in [0.3, 0.4) is 0 Å². The molecule has 0 aromatic carbocycles. The molecule has 0 bridgehead atoms. The van der Waals surface area contributed by atoms with Gasteiger partial charge in [0.1, 0.15) is 0 Å². The molecule has 1 atom stereocenters. The summed E-state index contributed by atoms with van der Waals surface area (Å²) in [4.78, 5) is 7.22. The van der Waals surface area contributed by atoms with E-state index in [4.69, 9.17) is 4.98 Å². The van der Waals surface area contributed by atoms with Crippen molar-refractivity contribution >= 4 is 5.69 Å². The molecule has 1 N–H and O–H groups in total. The van der Waals surface area contributed by atoms with E-state index < -0.39 is 0 Å². The van der Waals surface area contributed by atoms with Gasteiger partial charge in [-0.05, 0) is 49.8 Å². The minimum absolute atomic E-state index is 0.382. The number of hydrogen-bond donors (Lipinski definition) is 1. The van der Waals surface area contributed by atoms with Crippen LogP contribution in [0.25, 0.3) is 0 Å². The summed E-state index contributed by atoms with van der Waals surface area (Å²) in [6.45, 7) is 12.4. The van der Waals surface area contributed by atoms with Crippen molar-refractivity contribution in [3.8, 4) is 0 Å². The van der Waals surface area contributed by atoms with E-state index in [2.05, 4.69) is 56.2 Å². The summed E-state index contributed by atoms with van der Waals surface area (Å²) in [5.74, 6) is 0. The van der Waals surface area contributed by atoms with Crippen molar-refractivity contribution in [3.05, 3.63) is 24.0 Å². The molecule has 0 spiro atoms. The maximum absolute atomic E-state index is 4.71. The Labute approximate surface area is 130 Å². The highest BCUT2D eigenvalue weighted by molar-refractivity contribution is 5.46. The van der Waals surface area contributed by atoms with Crippen LogP contribution in [0.5, 0.6) is 0 Å². The highest BCUT2D eigenvalue weighted by Crippen LogP contribution is 2.38. The minimum Gasteiger partial charge on any atom is -0.370 e. The molecular weight excluding hydrogens is 258 g/mol. The lowest BCUT2D eigenvalue weighted by atomic mass is 9.82. The van der Waals surface area contributed by atoms with E-state index in [1.54, 1.807) is 0 Å². The molecule has 3 heteroatoms. The van der Waals surface area contributed by atoms with Gasteiger partial charge in [0.15, 0.2) is 0 Å². The van der Waals surface area contributed by atoms with Gasteiger partial charge in [-0.15, -0.1) is 0 Å². The molecule has 1 fully saturated rings. The van der Waals surface area contributed by atoms with Gasteiger partial charge in [-0.3, -0.25) is 4.98 Å². The van der Waals surface area contributed by atoms with Crippen molar-refractivity contribution < 1.29 is 0 Å². The van der Waals surface area contributed by atoms with Crippen LogP contribution in [0.4, 0.5) is 5.69 Å². The van der Waals surface area contributed by atoms with Crippen LogP contribution in [-0.4, -0.2) is 24.6 Å². The summed E-state index contributed by atoms with van der Waals surface area (Å²) in [6.07, 6.45) is 7.03. The monoisotopic (exact) mass is 289 g/mol. The lowest BCUT2D eigenvalue weighted by molar-refractivity contribution is 0.301. The summed E-state index contributed by atoms with van der Waals surface area (Å²) in [6, 6.07) is 4.83. The lowest BCUT2D eigenvalue weighted by Crippen LogP contribution is -2.26. The quantitative estimate of drug-likeness (QED) is 0.817. The van der Waals surface area contributed by atoms with Gasteiger partial charge in [-0.1, -0.05) is 27.7 Å². The van der Waals surface area contributed by atoms with E-state index in [1.165, 1.54) is 43.7 Å². The molecule has 118 valence electrons. The predicted molar refractivity (Wildman–Crippen MR) is 90.8 cm³/mol. The third-order valence-corrected chi connectivity index (χ3v) is 5.29. The average Bonchev–Trinajstić information content (AvgIpc) is 2.98. The maximum atomic E-state index is 4.71. The Morgan fingerprint density at radius 1 is 1.24 bits per heavy atom. The molecule has 1 unspecified atom stereocenters. The fraction of sp³-hybridized carbons (Fsp3) is 0.722. The first-order valence-corrected chi connectivity index (χ1v) is 8.62. The van der Waals surface area contributed by atoms with Crippen LogP contribution in [0.2, 0.25) is 0 Å². The van der Waals surface area contributed by atoms with Crippen LogP contribution < -0.4 is 10.2 Å². The SMILES string of the molecule is CCNC(CC)c1ccc(N2CCC(CC)(CC)C2)cn1. The van der Waals surface area contributed by atoms with Crippen LogP contribution in [0, 0.1) is 5.41 Å². The lowest BCUT2D eigenvalue weighted by Gasteiger charge is -2.27. The van der Waals surface area contributed by atoms with E-state index in [-0.39, 0.29) is 0 Å². The van der Waals surface area contributed by atoms with Crippen LogP contribution in [-0.2, 0) is 0 Å². The summed E-state index contributed by atoms with van der Waals surface area (Å²) >= 11 is 0. The molecule has 0 saturated carbocycles. The molecule has 2 heterocycles. The van der Waals surface area contributed by atoms with Gasteiger partial charge in [-0.2, -0.15) is 0 Å². The topological polar surface area (TPSA) is 28.2 Å². The molecule has 1 aromatic rings. The molecule has 2 rings (SSSR count). The number of rotatable bonds is 7. The highest BCUT2D eigenvalue weighted by atomic mass is 15.2. The van der Waals surface area contributed by atoms with E-state index >= 15 is 0 Å². The zero-order chi connectivity index (χ0) is 15.3. The van der Waals surface area contributed by atoms with E-state index in [1.807, 2.05) is 0 Å². The van der Waals surface area contributed by atoms with Crippen LogP contribution >= 0.6 is 0 Å². The third-order valence-electron chi connectivity index (χ3n) is 5.29. The molecule has 3 nitrogen and oxygen atoms in total. The summed E-state index contributed by atoms with van der Waals surface area (Å²) in [5.41, 5.74) is 2.97. The largest absolute Gasteiger partial charge is 0.370 e. The smallest absolute Gasteiger partial charge is 0.0574 e. The summed E-state index contributed by atoms with van der Waals surface area (Å²) in [5, 5.41) is 3.49. The first kappa shape index (κ1) is 16.3. The number of aromatic nitrogens is 1. The fourth-order valence-electron chi connectivity index (χ4n) is 3.48. The van der Waals surface area contributed by atoms with Crippen molar-refractivity contribution in [1.29, 1.82) is 0 Å². The Bertz CT molecular complexity index is 423. The van der Waals surface area contributed by atoms with Crippen molar-refractivity contribution in [1.82, 2.24) is 10.3 Å². The number of hydrogen-bond acceptors (Lipinski definition) is 3. The summed E-state index contributed by atoms with van der Waals surface area (Å²) < 4.78 is 0. The van der Waals surface area contributed by atoms with Gasteiger partial charge in [0.2, 0.25) is 0 Å². The molecule has 1 saturated heterocycles. The molecule has 0 amide bonds. The predicted octanol–water partition coefficient (Wildman–Crippen LogP) is 4.16. The molecular formula is C18H31N3. The molecule has 0 radical (unpaired) electrons. The molecule has 21 heavy (non-hydrogen) atoms. The number of anilines is 1. The maximum Gasteiger partial charge on any atom is 0.0574 e. The van der Waals surface area contributed by atoms with Crippen molar-refractivity contribution in [2.45, 2.75) is 59.4 Å². The van der Waals surface area contributed by atoms with E-state index in [0.717, 1.165) is 13.0 Å². The van der Waals surface area contributed by atoms with Crippen LogP contribution in [0.1, 0.15) is 65.1 Å². The van der Waals surface area contributed by atoms with Gasteiger partial charge in [0.05, 0.1) is 17.6 Å². The van der Waals surface area contributed by atoms with Crippen LogP contribution in [0.15, 0.2) is 18.3 Å². The Morgan fingerprint density at radius 3 is 2.48 bits per heavy atom. The van der Waals surface area contributed by atoms with E-state index in [0.29, 0.717) is 11.5 Å². The number of pyridine rings is 1. The Hall–Kier alpha value is -1.09. The highest BCUT2D eigenvalue weighted by Gasteiger charge is 2.35. The van der Waals surface area contributed by atoms with Gasteiger partial charge < -0.3 is 10.2 Å².